The zero-order valence-corrected chi connectivity index (χ0v) is 20.2. The van der Waals surface area contributed by atoms with Gasteiger partial charge in [-0.05, 0) is 68.7 Å². The molecule has 0 aliphatic carbocycles. The van der Waals surface area contributed by atoms with Crippen molar-refractivity contribution in [1.82, 2.24) is 8.87 Å². The van der Waals surface area contributed by atoms with Crippen molar-refractivity contribution in [2.24, 2.45) is 4.99 Å². The lowest BCUT2D eigenvalue weighted by molar-refractivity contribution is 0.340. The van der Waals surface area contributed by atoms with E-state index in [0.29, 0.717) is 24.6 Å². The Bertz CT molecular complexity index is 1200. The largest absolute Gasteiger partial charge is 0.494 e. The number of ether oxygens (including phenoxy) is 1. The predicted molar refractivity (Wildman–Crippen MR) is 129 cm³/mol. The summed E-state index contributed by atoms with van der Waals surface area (Å²) in [5, 5.41) is 2.07. The summed E-state index contributed by atoms with van der Waals surface area (Å²) >= 11 is 1.58. The van der Waals surface area contributed by atoms with Crippen LogP contribution in [-0.4, -0.2) is 37.0 Å². The fraction of sp³-hybridized carbons (Fsp3) is 0.375. The predicted octanol–water partition coefficient (Wildman–Crippen LogP) is 5.04. The van der Waals surface area contributed by atoms with E-state index in [2.05, 4.69) is 16.9 Å². The SMILES string of the molecule is CCOc1ccc(N=c2scc(-c3ccc(S(=O)(=O)N4CCCCC4)cc3)n2CC)cc1. The zero-order valence-electron chi connectivity index (χ0n) is 18.5. The maximum absolute atomic E-state index is 12.9. The molecular formula is C24H29N3O3S2. The van der Waals surface area contributed by atoms with Crippen molar-refractivity contribution in [2.45, 2.75) is 44.6 Å². The van der Waals surface area contributed by atoms with Gasteiger partial charge in [0, 0.05) is 25.0 Å². The maximum Gasteiger partial charge on any atom is 0.243 e. The second kappa shape index (κ2) is 10.0. The number of hydrogen-bond acceptors (Lipinski definition) is 5. The van der Waals surface area contributed by atoms with E-state index in [4.69, 9.17) is 9.73 Å². The Hall–Kier alpha value is -2.42. The molecule has 0 amide bonds. The molecule has 3 aromatic rings. The molecule has 170 valence electrons. The Morgan fingerprint density at radius 2 is 1.66 bits per heavy atom. The normalized spacial score (nSPS) is 15.8. The minimum absolute atomic E-state index is 0.362. The van der Waals surface area contributed by atoms with Gasteiger partial charge in [-0.1, -0.05) is 18.6 Å². The highest BCUT2D eigenvalue weighted by Crippen LogP contribution is 2.26. The van der Waals surface area contributed by atoms with E-state index < -0.39 is 10.0 Å². The third kappa shape index (κ3) is 4.82. The lowest BCUT2D eigenvalue weighted by atomic mass is 10.2. The van der Waals surface area contributed by atoms with Gasteiger partial charge in [-0.3, -0.25) is 0 Å². The number of nitrogens with zero attached hydrogens (tertiary/aromatic N) is 3. The fourth-order valence-corrected chi connectivity index (χ4v) is 6.41. The zero-order chi connectivity index (χ0) is 22.6. The van der Waals surface area contributed by atoms with Crippen LogP contribution in [0.15, 0.2) is 63.8 Å². The number of piperidine rings is 1. The summed E-state index contributed by atoms with van der Waals surface area (Å²) in [6.07, 6.45) is 2.97. The molecule has 1 fully saturated rings. The smallest absolute Gasteiger partial charge is 0.243 e. The summed E-state index contributed by atoms with van der Waals surface area (Å²) < 4.78 is 35.1. The first kappa shape index (κ1) is 22.8. The van der Waals surface area contributed by atoms with Crippen molar-refractivity contribution in [1.29, 1.82) is 0 Å². The molecule has 2 heterocycles. The first-order valence-electron chi connectivity index (χ1n) is 11.1. The summed E-state index contributed by atoms with van der Waals surface area (Å²) in [7, 11) is -3.42. The molecule has 2 aromatic carbocycles. The Balaban J connectivity index is 1.61. The first-order chi connectivity index (χ1) is 15.5. The quantitative estimate of drug-likeness (QED) is 0.485. The molecule has 1 aliphatic heterocycles. The Labute approximate surface area is 193 Å². The molecule has 4 rings (SSSR count). The van der Waals surface area contributed by atoms with Crippen LogP contribution in [0, 0.1) is 0 Å². The third-order valence-corrected chi connectivity index (χ3v) is 8.37. The molecule has 0 unspecified atom stereocenters. The molecule has 0 bridgehead atoms. The molecule has 1 aromatic heterocycles. The van der Waals surface area contributed by atoms with Crippen molar-refractivity contribution in [3.63, 3.8) is 0 Å². The Morgan fingerprint density at radius 3 is 2.28 bits per heavy atom. The van der Waals surface area contributed by atoms with E-state index >= 15 is 0 Å². The number of aromatic nitrogens is 1. The summed E-state index contributed by atoms with van der Waals surface area (Å²) in [6, 6.07) is 15.0. The van der Waals surface area contributed by atoms with Crippen LogP contribution in [0.4, 0.5) is 5.69 Å². The minimum atomic E-state index is -3.42. The number of benzene rings is 2. The molecular weight excluding hydrogens is 442 g/mol. The van der Waals surface area contributed by atoms with Gasteiger partial charge in [0.2, 0.25) is 10.0 Å². The van der Waals surface area contributed by atoms with E-state index in [1.54, 1.807) is 27.8 Å². The van der Waals surface area contributed by atoms with Crippen LogP contribution in [0.1, 0.15) is 33.1 Å². The second-order valence-electron chi connectivity index (χ2n) is 7.68. The average molecular weight is 472 g/mol. The molecule has 32 heavy (non-hydrogen) atoms. The standard InChI is InChI=1S/C24H29N3O3S2/c1-3-27-23(18-31-24(27)25-20-10-12-21(13-11-20)30-4-2)19-8-14-22(15-9-19)32(28,29)26-16-6-5-7-17-26/h8-15,18H,3-7,16-17H2,1-2H3. The highest BCUT2D eigenvalue weighted by molar-refractivity contribution is 7.89. The molecule has 0 spiro atoms. The monoisotopic (exact) mass is 471 g/mol. The molecule has 8 heteroatoms. The van der Waals surface area contributed by atoms with E-state index in [1.165, 1.54) is 0 Å². The number of rotatable bonds is 7. The van der Waals surface area contributed by atoms with Crippen molar-refractivity contribution in [2.75, 3.05) is 19.7 Å². The Morgan fingerprint density at radius 1 is 0.969 bits per heavy atom. The van der Waals surface area contributed by atoms with Gasteiger partial charge in [-0.15, -0.1) is 11.3 Å². The van der Waals surface area contributed by atoms with Gasteiger partial charge >= 0.3 is 0 Å². The Kier molecular flexibility index (Phi) is 7.13. The minimum Gasteiger partial charge on any atom is -0.494 e. The van der Waals surface area contributed by atoms with Gasteiger partial charge in [0.15, 0.2) is 4.80 Å². The number of thiazole rings is 1. The van der Waals surface area contributed by atoms with Gasteiger partial charge in [0.05, 0.1) is 22.9 Å². The molecule has 0 saturated carbocycles. The van der Waals surface area contributed by atoms with Gasteiger partial charge in [0.1, 0.15) is 5.75 Å². The average Bonchev–Trinajstić information content (AvgIpc) is 3.23. The van der Waals surface area contributed by atoms with Gasteiger partial charge in [-0.25, -0.2) is 13.4 Å². The van der Waals surface area contributed by atoms with Gasteiger partial charge < -0.3 is 9.30 Å². The van der Waals surface area contributed by atoms with E-state index in [-0.39, 0.29) is 0 Å². The second-order valence-corrected chi connectivity index (χ2v) is 10.5. The van der Waals surface area contributed by atoms with Crippen LogP contribution in [-0.2, 0) is 16.6 Å². The third-order valence-electron chi connectivity index (χ3n) is 5.59. The van der Waals surface area contributed by atoms with E-state index in [1.807, 2.05) is 43.3 Å². The van der Waals surface area contributed by atoms with E-state index in [9.17, 15) is 8.42 Å². The number of sulfonamides is 1. The molecule has 0 radical (unpaired) electrons. The van der Waals surface area contributed by atoms with Gasteiger partial charge in [-0.2, -0.15) is 4.31 Å². The summed E-state index contributed by atoms with van der Waals surface area (Å²) in [5.74, 6) is 0.835. The fourth-order valence-electron chi connectivity index (χ4n) is 3.90. The van der Waals surface area contributed by atoms with Crippen molar-refractivity contribution in [3.05, 3.63) is 58.7 Å². The summed E-state index contributed by atoms with van der Waals surface area (Å²) in [4.78, 5) is 6.06. The first-order valence-corrected chi connectivity index (χ1v) is 13.4. The summed E-state index contributed by atoms with van der Waals surface area (Å²) in [6.45, 7) is 6.68. The molecule has 1 saturated heterocycles. The highest BCUT2D eigenvalue weighted by Gasteiger charge is 2.25. The number of hydrogen-bond donors (Lipinski definition) is 0. The van der Waals surface area contributed by atoms with E-state index in [0.717, 1.165) is 53.3 Å². The molecule has 1 aliphatic rings. The van der Waals surface area contributed by atoms with Crippen molar-refractivity contribution < 1.29 is 13.2 Å². The van der Waals surface area contributed by atoms with Crippen LogP contribution in [0.3, 0.4) is 0 Å². The van der Waals surface area contributed by atoms with Gasteiger partial charge in [0.25, 0.3) is 0 Å². The van der Waals surface area contributed by atoms with Crippen LogP contribution >= 0.6 is 11.3 Å². The molecule has 6 nitrogen and oxygen atoms in total. The van der Waals surface area contributed by atoms with Crippen molar-refractivity contribution in [3.8, 4) is 17.0 Å². The maximum atomic E-state index is 12.9. The lowest BCUT2D eigenvalue weighted by Gasteiger charge is -2.25. The topological polar surface area (TPSA) is 63.9 Å². The molecule has 0 atom stereocenters. The molecule has 0 N–H and O–H groups in total. The van der Waals surface area contributed by atoms with Crippen LogP contribution in [0.5, 0.6) is 5.75 Å². The van der Waals surface area contributed by atoms with Crippen LogP contribution in [0.25, 0.3) is 11.3 Å². The van der Waals surface area contributed by atoms with Crippen LogP contribution < -0.4 is 9.54 Å². The highest BCUT2D eigenvalue weighted by atomic mass is 32.2. The van der Waals surface area contributed by atoms with Crippen LogP contribution in [0.2, 0.25) is 0 Å². The van der Waals surface area contributed by atoms with Crippen molar-refractivity contribution >= 4 is 27.0 Å². The lowest BCUT2D eigenvalue weighted by Crippen LogP contribution is -2.35. The summed E-state index contributed by atoms with van der Waals surface area (Å²) in [5.41, 5.74) is 2.88.